The summed E-state index contributed by atoms with van der Waals surface area (Å²) in [5.74, 6) is 0. The van der Waals surface area contributed by atoms with Gasteiger partial charge >= 0.3 is 0 Å². The number of rotatable bonds is 4. The summed E-state index contributed by atoms with van der Waals surface area (Å²) >= 11 is 1.89. The van der Waals surface area contributed by atoms with Crippen LogP contribution in [-0.2, 0) is 0 Å². The van der Waals surface area contributed by atoms with Crippen LogP contribution in [0.1, 0.15) is 0 Å². The minimum atomic E-state index is 1.13. The van der Waals surface area contributed by atoms with Crippen LogP contribution in [0.2, 0.25) is 0 Å². The molecule has 0 bridgehead atoms. The average Bonchev–Trinajstić information content (AvgIpc) is 3.61. The number of fused-ring (bicyclic) bond motifs is 7. The molecule has 0 unspecified atom stereocenters. The Hall–Kier alpha value is -6.68. The third-order valence-electron chi connectivity index (χ3n) is 10.8. The predicted molar refractivity (Wildman–Crippen MR) is 227 cm³/mol. The van der Waals surface area contributed by atoms with E-state index in [0.717, 1.165) is 11.1 Å². The van der Waals surface area contributed by atoms with Crippen molar-refractivity contribution in [3.05, 3.63) is 183 Å². The van der Waals surface area contributed by atoms with Gasteiger partial charge in [0.25, 0.3) is 0 Å². The van der Waals surface area contributed by atoms with Gasteiger partial charge in [0.1, 0.15) is 0 Å². The quantitative estimate of drug-likeness (QED) is 0.172. The highest BCUT2D eigenvalue weighted by molar-refractivity contribution is 7.26. The summed E-state index contributed by atoms with van der Waals surface area (Å²) in [6, 6.07) is 57.7. The number of hydrogen-bond acceptors (Lipinski definition) is 3. The maximum Gasteiger partial charge on any atom is 0.0434 e. The molecular weight excluding hydrogens is 661 g/mol. The van der Waals surface area contributed by atoms with Crippen LogP contribution in [-0.4, -0.2) is 9.97 Å². The lowest BCUT2D eigenvalue weighted by Crippen LogP contribution is -1.91. The minimum Gasteiger partial charge on any atom is -0.264 e. The van der Waals surface area contributed by atoms with Gasteiger partial charge in [0.15, 0.2) is 0 Å². The highest BCUT2D eigenvalue weighted by Gasteiger charge is 2.21. The molecule has 3 heteroatoms. The molecule has 53 heavy (non-hydrogen) atoms. The van der Waals surface area contributed by atoms with Crippen LogP contribution in [0.3, 0.4) is 0 Å². The fourth-order valence-electron chi connectivity index (χ4n) is 8.65. The third-order valence-corrected chi connectivity index (χ3v) is 12.0. The molecule has 11 aromatic rings. The van der Waals surface area contributed by atoms with E-state index in [1.54, 1.807) is 0 Å². The molecule has 3 heterocycles. The van der Waals surface area contributed by atoms with E-state index in [-0.39, 0.29) is 0 Å². The van der Waals surface area contributed by atoms with Gasteiger partial charge in [-0.2, -0.15) is 0 Å². The van der Waals surface area contributed by atoms with Gasteiger partial charge in [-0.15, -0.1) is 11.3 Å². The second-order valence-corrected chi connectivity index (χ2v) is 14.7. The van der Waals surface area contributed by atoms with Crippen LogP contribution in [0.5, 0.6) is 0 Å². The summed E-state index contributed by atoms with van der Waals surface area (Å²) in [7, 11) is 0. The zero-order chi connectivity index (χ0) is 34.9. The highest BCUT2D eigenvalue weighted by Crippen LogP contribution is 2.49. The molecule has 0 amide bonds. The molecule has 11 rings (SSSR count). The van der Waals surface area contributed by atoms with Gasteiger partial charge in [0, 0.05) is 61.7 Å². The first-order chi connectivity index (χ1) is 26.3. The lowest BCUT2D eigenvalue weighted by molar-refractivity contribution is 1.33. The molecule has 0 aliphatic rings. The SMILES string of the molecule is c1cncc(-c2c3ccccc3c(-c3ccc4sc5c(-c6c7ccccc7c(-c7cccnc7)c7ccccc67)cccc5c4c3)c3ccccc23)c1. The van der Waals surface area contributed by atoms with Crippen molar-refractivity contribution >= 4 is 74.6 Å². The fourth-order valence-corrected chi connectivity index (χ4v) is 9.86. The molecule has 0 spiro atoms. The molecule has 246 valence electrons. The zero-order valence-corrected chi connectivity index (χ0v) is 29.4. The van der Waals surface area contributed by atoms with Crippen molar-refractivity contribution in [2.45, 2.75) is 0 Å². The molecule has 3 aromatic heterocycles. The summed E-state index contributed by atoms with van der Waals surface area (Å²) < 4.78 is 2.60. The Kier molecular flexibility index (Phi) is 6.76. The van der Waals surface area contributed by atoms with Crippen LogP contribution in [0.15, 0.2) is 183 Å². The summed E-state index contributed by atoms with van der Waals surface area (Å²) in [4.78, 5) is 8.99. The molecular formula is C50H30N2S. The zero-order valence-electron chi connectivity index (χ0n) is 28.6. The largest absolute Gasteiger partial charge is 0.264 e. The van der Waals surface area contributed by atoms with Crippen LogP contribution in [0.25, 0.3) is 108 Å². The topological polar surface area (TPSA) is 25.8 Å². The number of benzene rings is 8. The van der Waals surface area contributed by atoms with Gasteiger partial charge in [0.05, 0.1) is 0 Å². The Morgan fingerprint density at radius 1 is 0.321 bits per heavy atom. The Morgan fingerprint density at radius 2 is 0.755 bits per heavy atom. The van der Waals surface area contributed by atoms with E-state index in [2.05, 4.69) is 156 Å². The Labute approximate surface area is 310 Å². The smallest absolute Gasteiger partial charge is 0.0434 e. The van der Waals surface area contributed by atoms with Gasteiger partial charge in [-0.1, -0.05) is 133 Å². The third kappa shape index (κ3) is 4.58. The van der Waals surface area contributed by atoms with E-state index in [0.29, 0.717) is 0 Å². The van der Waals surface area contributed by atoms with Crippen molar-refractivity contribution in [2.75, 3.05) is 0 Å². The maximum atomic E-state index is 4.50. The van der Waals surface area contributed by atoms with Crippen molar-refractivity contribution < 1.29 is 0 Å². The standard InChI is InChI=1S/C50H30N2S/c1-3-16-36-34(14-1)46(35-15-2-4-17-37(35)47(36)32-12-10-26-51-29-32)31-24-25-45-44(28-31)42-22-9-23-43(50(42)53-45)49-40-20-7-5-18-38(40)48(33-13-11-27-52-30-33)39-19-6-8-21-41(39)49/h1-30H. The lowest BCUT2D eigenvalue weighted by Gasteiger charge is -2.18. The van der Waals surface area contributed by atoms with Crippen molar-refractivity contribution in [2.24, 2.45) is 0 Å². The van der Waals surface area contributed by atoms with E-state index in [9.17, 15) is 0 Å². The van der Waals surface area contributed by atoms with Crippen molar-refractivity contribution in [1.82, 2.24) is 9.97 Å². The summed E-state index contributed by atoms with van der Waals surface area (Å²) in [6.45, 7) is 0. The second-order valence-electron chi connectivity index (χ2n) is 13.7. The van der Waals surface area contributed by atoms with E-state index in [1.165, 1.54) is 96.6 Å². The van der Waals surface area contributed by atoms with Crippen LogP contribution in [0.4, 0.5) is 0 Å². The Bertz CT molecular complexity index is 3100. The summed E-state index contributed by atoms with van der Waals surface area (Å²) in [5, 5.41) is 12.5. The molecule has 0 aliphatic carbocycles. The lowest BCUT2D eigenvalue weighted by atomic mass is 9.85. The van der Waals surface area contributed by atoms with Gasteiger partial charge in [0.2, 0.25) is 0 Å². The molecule has 0 radical (unpaired) electrons. The van der Waals surface area contributed by atoms with Crippen LogP contribution < -0.4 is 0 Å². The molecule has 0 atom stereocenters. The van der Waals surface area contributed by atoms with Gasteiger partial charge < -0.3 is 0 Å². The molecule has 0 fully saturated rings. The Balaban J connectivity index is 1.18. The monoisotopic (exact) mass is 690 g/mol. The normalized spacial score (nSPS) is 11.8. The molecule has 0 N–H and O–H groups in total. The van der Waals surface area contributed by atoms with E-state index in [4.69, 9.17) is 0 Å². The number of thiophene rings is 1. The first-order valence-electron chi connectivity index (χ1n) is 18.0. The van der Waals surface area contributed by atoms with Crippen molar-refractivity contribution in [3.8, 4) is 44.5 Å². The van der Waals surface area contributed by atoms with Crippen molar-refractivity contribution in [1.29, 1.82) is 0 Å². The molecule has 0 saturated heterocycles. The summed E-state index contributed by atoms with van der Waals surface area (Å²) in [6.07, 6.45) is 7.65. The van der Waals surface area contributed by atoms with E-state index >= 15 is 0 Å². The molecule has 0 aliphatic heterocycles. The molecule has 2 nitrogen and oxygen atoms in total. The number of aromatic nitrogens is 2. The number of pyridine rings is 2. The summed E-state index contributed by atoms with van der Waals surface area (Å²) in [5.41, 5.74) is 9.77. The van der Waals surface area contributed by atoms with Crippen LogP contribution in [0, 0.1) is 0 Å². The van der Waals surface area contributed by atoms with E-state index < -0.39 is 0 Å². The highest BCUT2D eigenvalue weighted by atomic mass is 32.1. The first kappa shape index (κ1) is 30.0. The Morgan fingerprint density at radius 3 is 1.21 bits per heavy atom. The predicted octanol–water partition coefficient (Wildman–Crippen LogP) is 14.1. The molecule has 0 saturated carbocycles. The molecule has 8 aromatic carbocycles. The van der Waals surface area contributed by atoms with Gasteiger partial charge in [-0.25, -0.2) is 0 Å². The maximum absolute atomic E-state index is 4.50. The van der Waals surface area contributed by atoms with Crippen LogP contribution >= 0.6 is 11.3 Å². The fraction of sp³-hybridized carbons (Fsp3) is 0. The first-order valence-corrected chi connectivity index (χ1v) is 18.8. The number of nitrogens with zero attached hydrogens (tertiary/aromatic N) is 2. The van der Waals surface area contributed by atoms with Gasteiger partial charge in [-0.3, -0.25) is 9.97 Å². The second kappa shape index (κ2) is 11.9. The van der Waals surface area contributed by atoms with Gasteiger partial charge in [-0.05, 0) is 95.2 Å². The number of hydrogen-bond donors (Lipinski definition) is 0. The van der Waals surface area contributed by atoms with Crippen molar-refractivity contribution in [3.63, 3.8) is 0 Å². The van der Waals surface area contributed by atoms with E-state index in [1.807, 2.05) is 48.3 Å². The average molecular weight is 691 g/mol. The minimum absolute atomic E-state index is 1.13.